The van der Waals surface area contributed by atoms with E-state index in [2.05, 4.69) is 35.6 Å². The summed E-state index contributed by atoms with van der Waals surface area (Å²) in [5.41, 5.74) is 5.96. The molecule has 18 heavy (non-hydrogen) atoms. The number of nitrogens with two attached hydrogens (primary N) is 1. The number of rotatable bonds is 7. The minimum atomic E-state index is -0.0155. The predicted molar refractivity (Wildman–Crippen MR) is 75.1 cm³/mol. The summed E-state index contributed by atoms with van der Waals surface area (Å²) in [5, 5.41) is 7.43. The van der Waals surface area contributed by atoms with E-state index < -0.39 is 0 Å². The molecule has 0 aliphatic carbocycles. The first kappa shape index (κ1) is 14.4. The first-order chi connectivity index (χ1) is 8.60. The van der Waals surface area contributed by atoms with Crippen LogP contribution in [0.15, 0.2) is 12.3 Å². The minimum absolute atomic E-state index is 0.0155. The average molecular weight is 249 g/mol. The lowest BCUT2D eigenvalue weighted by Crippen LogP contribution is -2.35. The van der Waals surface area contributed by atoms with Crippen LogP contribution < -0.4 is 10.6 Å². The van der Waals surface area contributed by atoms with Gasteiger partial charge in [0.1, 0.15) is 11.5 Å². The number of aromatic nitrogens is 2. The molecule has 1 rings (SSSR count). The van der Waals surface area contributed by atoms with E-state index in [1.165, 1.54) is 0 Å². The van der Waals surface area contributed by atoms with Crippen molar-refractivity contribution in [3.05, 3.63) is 18.0 Å². The summed E-state index contributed by atoms with van der Waals surface area (Å²) in [7, 11) is 0. The Morgan fingerprint density at radius 1 is 1.50 bits per heavy atom. The minimum Gasteiger partial charge on any atom is -0.382 e. The fourth-order valence-corrected chi connectivity index (χ4v) is 1.70. The lowest BCUT2D eigenvalue weighted by molar-refractivity contribution is 0.582. The average Bonchev–Trinajstić information content (AvgIpc) is 2.39. The number of anilines is 1. The molecule has 1 aromatic rings. The Morgan fingerprint density at radius 2 is 2.22 bits per heavy atom. The van der Waals surface area contributed by atoms with Crippen molar-refractivity contribution in [2.45, 2.75) is 46.1 Å². The quantitative estimate of drug-likeness (QED) is 0.573. The Hall–Kier alpha value is -1.65. The molecule has 0 aromatic carbocycles. The van der Waals surface area contributed by atoms with Gasteiger partial charge in [0.15, 0.2) is 0 Å². The van der Waals surface area contributed by atoms with Gasteiger partial charge in [-0.05, 0) is 25.8 Å². The standard InChI is InChI=1S/C13H23N5/c1-4-6-9-18(10(3)5-2)13-16-8-7-11(17-13)12(14)15/h7-8,10H,4-6,9H2,1-3H3,(H3,14,15). The van der Waals surface area contributed by atoms with Crippen LogP contribution in [0.1, 0.15) is 45.7 Å². The maximum Gasteiger partial charge on any atom is 0.226 e. The Kier molecular flexibility index (Phi) is 5.55. The van der Waals surface area contributed by atoms with Gasteiger partial charge >= 0.3 is 0 Å². The van der Waals surface area contributed by atoms with Crippen molar-refractivity contribution in [1.82, 2.24) is 9.97 Å². The number of unbranched alkanes of at least 4 members (excludes halogenated alkanes) is 1. The zero-order valence-electron chi connectivity index (χ0n) is 11.5. The van der Waals surface area contributed by atoms with E-state index in [-0.39, 0.29) is 5.84 Å². The molecule has 0 saturated carbocycles. The van der Waals surface area contributed by atoms with Gasteiger partial charge in [0, 0.05) is 18.8 Å². The zero-order valence-corrected chi connectivity index (χ0v) is 11.5. The highest BCUT2D eigenvalue weighted by atomic mass is 15.3. The Balaban J connectivity index is 2.96. The van der Waals surface area contributed by atoms with Crippen LogP contribution in [0.25, 0.3) is 0 Å². The normalized spacial score (nSPS) is 12.2. The third-order valence-electron chi connectivity index (χ3n) is 3.05. The van der Waals surface area contributed by atoms with Crippen molar-refractivity contribution in [2.24, 2.45) is 5.73 Å². The van der Waals surface area contributed by atoms with Crippen LogP contribution >= 0.6 is 0 Å². The molecule has 0 amide bonds. The van der Waals surface area contributed by atoms with Crippen LogP contribution in [-0.2, 0) is 0 Å². The van der Waals surface area contributed by atoms with Crippen LogP contribution in [0.5, 0.6) is 0 Å². The van der Waals surface area contributed by atoms with Crippen LogP contribution in [-0.4, -0.2) is 28.4 Å². The molecule has 0 spiro atoms. The van der Waals surface area contributed by atoms with Crippen molar-refractivity contribution in [2.75, 3.05) is 11.4 Å². The monoisotopic (exact) mass is 249 g/mol. The van der Waals surface area contributed by atoms with Gasteiger partial charge in [-0.3, -0.25) is 5.41 Å². The first-order valence-electron chi connectivity index (χ1n) is 6.54. The van der Waals surface area contributed by atoms with Crippen molar-refractivity contribution < 1.29 is 0 Å². The van der Waals surface area contributed by atoms with Gasteiger partial charge < -0.3 is 10.6 Å². The van der Waals surface area contributed by atoms with E-state index >= 15 is 0 Å². The first-order valence-corrected chi connectivity index (χ1v) is 6.54. The third kappa shape index (κ3) is 3.68. The molecule has 5 nitrogen and oxygen atoms in total. The zero-order chi connectivity index (χ0) is 13.5. The molecule has 1 atom stereocenters. The highest BCUT2D eigenvalue weighted by Crippen LogP contribution is 2.14. The van der Waals surface area contributed by atoms with E-state index in [9.17, 15) is 0 Å². The van der Waals surface area contributed by atoms with E-state index in [1.807, 2.05) is 0 Å². The highest BCUT2D eigenvalue weighted by Gasteiger charge is 2.15. The Bertz CT molecular complexity index is 391. The molecule has 1 unspecified atom stereocenters. The van der Waals surface area contributed by atoms with Crippen molar-refractivity contribution in [3.8, 4) is 0 Å². The van der Waals surface area contributed by atoms with Gasteiger partial charge in [-0.15, -0.1) is 0 Å². The summed E-state index contributed by atoms with van der Waals surface area (Å²) in [6.07, 6.45) is 4.95. The molecule has 0 radical (unpaired) electrons. The molecule has 1 aromatic heterocycles. The second-order valence-electron chi connectivity index (χ2n) is 4.46. The second kappa shape index (κ2) is 6.93. The maximum atomic E-state index is 7.43. The smallest absolute Gasteiger partial charge is 0.226 e. The Morgan fingerprint density at radius 3 is 2.78 bits per heavy atom. The molecule has 0 saturated heterocycles. The van der Waals surface area contributed by atoms with E-state index in [0.717, 1.165) is 25.8 Å². The van der Waals surface area contributed by atoms with Gasteiger partial charge in [0.05, 0.1) is 0 Å². The molecule has 5 heteroatoms. The topological polar surface area (TPSA) is 78.9 Å². The highest BCUT2D eigenvalue weighted by molar-refractivity contribution is 5.93. The van der Waals surface area contributed by atoms with Crippen LogP contribution in [0.2, 0.25) is 0 Å². The predicted octanol–water partition coefficient (Wildman–Crippen LogP) is 2.17. The fraction of sp³-hybridized carbons (Fsp3) is 0.615. The maximum absolute atomic E-state index is 7.43. The molecule has 100 valence electrons. The summed E-state index contributed by atoms with van der Waals surface area (Å²) >= 11 is 0. The summed E-state index contributed by atoms with van der Waals surface area (Å²) < 4.78 is 0. The number of nitrogens with zero attached hydrogens (tertiary/aromatic N) is 3. The molecular formula is C13H23N5. The third-order valence-corrected chi connectivity index (χ3v) is 3.05. The summed E-state index contributed by atoms with van der Waals surface area (Å²) in [6, 6.07) is 2.05. The lowest BCUT2D eigenvalue weighted by atomic mass is 10.2. The van der Waals surface area contributed by atoms with Gasteiger partial charge in [-0.2, -0.15) is 0 Å². The number of nitrogen functional groups attached to an aromatic ring is 1. The van der Waals surface area contributed by atoms with Crippen molar-refractivity contribution in [3.63, 3.8) is 0 Å². The number of hydrogen-bond donors (Lipinski definition) is 2. The molecule has 0 aliphatic rings. The van der Waals surface area contributed by atoms with E-state index in [4.69, 9.17) is 11.1 Å². The fourth-order valence-electron chi connectivity index (χ4n) is 1.70. The molecule has 0 bridgehead atoms. The molecule has 1 heterocycles. The number of nitrogens with one attached hydrogen (secondary N) is 1. The molecular weight excluding hydrogens is 226 g/mol. The molecule has 3 N–H and O–H groups in total. The van der Waals surface area contributed by atoms with Gasteiger partial charge in [0.2, 0.25) is 5.95 Å². The molecule has 0 fully saturated rings. The molecule has 0 aliphatic heterocycles. The van der Waals surface area contributed by atoms with Crippen LogP contribution in [0.4, 0.5) is 5.95 Å². The van der Waals surface area contributed by atoms with Gasteiger partial charge in [-0.1, -0.05) is 20.3 Å². The largest absolute Gasteiger partial charge is 0.382 e. The lowest BCUT2D eigenvalue weighted by Gasteiger charge is -2.28. The number of hydrogen-bond acceptors (Lipinski definition) is 4. The van der Waals surface area contributed by atoms with Crippen LogP contribution in [0.3, 0.4) is 0 Å². The Labute approximate surface area is 109 Å². The van der Waals surface area contributed by atoms with Crippen molar-refractivity contribution in [1.29, 1.82) is 5.41 Å². The summed E-state index contributed by atoms with van der Waals surface area (Å²) in [5.74, 6) is 0.656. The van der Waals surface area contributed by atoms with Gasteiger partial charge in [-0.25, -0.2) is 9.97 Å². The van der Waals surface area contributed by atoms with Crippen molar-refractivity contribution >= 4 is 11.8 Å². The van der Waals surface area contributed by atoms with E-state index in [0.29, 0.717) is 17.7 Å². The SMILES string of the molecule is CCCCN(c1nccc(C(=N)N)n1)C(C)CC. The number of amidine groups is 1. The second-order valence-corrected chi connectivity index (χ2v) is 4.46. The summed E-state index contributed by atoms with van der Waals surface area (Å²) in [4.78, 5) is 10.9. The van der Waals surface area contributed by atoms with Crippen LogP contribution in [0, 0.1) is 5.41 Å². The van der Waals surface area contributed by atoms with Gasteiger partial charge in [0.25, 0.3) is 0 Å². The summed E-state index contributed by atoms with van der Waals surface area (Å²) in [6.45, 7) is 7.42. The van der Waals surface area contributed by atoms with E-state index in [1.54, 1.807) is 12.3 Å².